The van der Waals surface area contributed by atoms with E-state index in [4.69, 9.17) is 4.74 Å². The van der Waals surface area contributed by atoms with Gasteiger partial charge in [0.05, 0.1) is 20.2 Å². The second kappa shape index (κ2) is 9.04. The van der Waals surface area contributed by atoms with Crippen LogP contribution in [0.4, 0.5) is 5.69 Å². The molecule has 0 aromatic heterocycles. The van der Waals surface area contributed by atoms with E-state index in [2.05, 4.69) is 10.6 Å². The van der Waals surface area contributed by atoms with E-state index in [1.165, 1.54) is 0 Å². The Morgan fingerprint density at radius 2 is 1.77 bits per heavy atom. The Morgan fingerprint density at radius 1 is 1.18 bits per heavy atom. The molecule has 1 atom stereocenters. The Morgan fingerprint density at radius 3 is 2.32 bits per heavy atom. The molecule has 1 rings (SSSR count). The summed E-state index contributed by atoms with van der Waals surface area (Å²) in [6, 6.07) is 7.24. The van der Waals surface area contributed by atoms with Gasteiger partial charge >= 0.3 is 0 Å². The molecule has 0 heterocycles. The predicted molar refractivity (Wildman–Crippen MR) is 87.0 cm³/mol. The van der Waals surface area contributed by atoms with Gasteiger partial charge in [0.15, 0.2) is 0 Å². The minimum absolute atomic E-state index is 0.0749. The van der Waals surface area contributed by atoms with Crippen LogP contribution in [0.1, 0.15) is 20.3 Å². The first kappa shape index (κ1) is 18.0. The number of anilines is 1. The second-order valence-electron chi connectivity index (χ2n) is 5.33. The third-order valence-corrected chi connectivity index (χ3v) is 3.22. The number of hydrogen-bond acceptors (Lipinski definition) is 4. The average Bonchev–Trinajstić information content (AvgIpc) is 2.47. The van der Waals surface area contributed by atoms with Gasteiger partial charge in [-0.05, 0) is 44.7 Å². The van der Waals surface area contributed by atoms with Crippen molar-refractivity contribution in [3.8, 4) is 5.75 Å². The fraction of sp³-hybridized carbons (Fsp3) is 0.500. The Labute approximate surface area is 131 Å². The second-order valence-corrected chi connectivity index (χ2v) is 5.33. The van der Waals surface area contributed by atoms with Crippen molar-refractivity contribution >= 4 is 17.5 Å². The zero-order valence-corrected chi connectivity index (χ0v) is 13.7. The first-order chi connectivity index (χ1) is 10.4. The molecule has 0 saturated heterocycles. The fourth-order valence-corrected chi connectivity index (χ4v) is 1.84. The Balaban J connectivity index is 2.38. The summed E-state index contributed by atoms with van der Waals surface area (Å²) in [7, 11) is 3.33. The summed E-state index contributed by atoms with van der Waals surface area (Å²) in [4.78, 5) is 25.3. The highest BCUT2D eigenvalue weighted by Crippen LogP contribution is 2.14. The van der Waals surface area contributed by atoms with Crippen LogP contribution < -0.4 is 15.4 Å². The lowest BCUT2D eigenvalue weighted by Crippen LogP contribution is -2.41. The molecule has 2 amide bonds. The molecule has 122 valence electrons. The zero-order valence-electron chi connectivity index (χ0n) is 13.7. The minimum atomic E-state index is -0.163. The summed E-state index contributed by atoms with van der Waals surface area (Å²) in [6.07, 6.45) is 0.882. The molecule has 6 nitrogen and oxygen atoms in total. The van der Waals surface area contributed by atoms with Gasteiger partial charge in [-0.25, -0.2) is 0 Å². The van der Waals surface area contributed by atoms with Crippen LogP contribution in [-0.2, 0) is 9.59 Å². The molecule has 2 N–H and O–H groups in total. The van der Waals surface area contributed by atoms with Gasteiger partial charge in [0, 0.05) is 11.7 Å². The summed E-state index contributed by atoms with van der Waals surface area (Å²) in [5.74, 6) is 0.495. The third kappa shape index (κ3) is 6.58. The molecule has 6 heteroatoms. The fourth-order valence-electron chi connectivity index (χ4n) is 1.84. The van der Waals surface area contributed by atoms with Crippen molar-refractivity contribution in [2.75, 3.05) is 32.6 Å². The lowest BCUT2D eigenvalue weighted by molar-refractivity contribution is -0.123. The lowest BCUT2D eigenvalue weighted by atomic mass is 10.2. The average molecular weight is 307 g/mol. The van der Waals surface area contributed by atoms with E-state index in [0.29, 0.717) is 5.69 Å². The Bertz CT molecular complexity index is 488. The third-order valence-electron chi connectivity index (χ3n) is 3.22. The van der Waals surface area contributed by atoms with Crippen LogP contribution in [0.2, 0.25) is 0 Å². The van der Waals surface area contributed by atoms with Gasteiger partial charge in [0.25, 0.3) is 0 Å². The number of methoxy groups -OCH3 is 1. The molecule has 0 radical (unpaired) electrons. The summed E-state index contributed by atoms with van der Waals surface area (Å²) in [6.45, 7) is 4.31. The molecule has 0 saturated carbocycles. The minimum Gasteiger partial charge on any atom is -0.497 e. The van der Waals surface area contributed by atoms with E-state index < -0.39 is 0 Å². The summed E-state index contributed by atoms with van der Waals surface area (Å²) >= 11 is 0. The maximum absolute atomic E-state index is 11.9. The molecular formula is C16H25N3O3. The number of hydrogen-bond donors (Lipinski definition) is 2. The molecule has 0 fully saturated rings. The maximum atomic E-state index is 11.9. The lowest BCUT2D eigenvalue weighted by Gasteiger charge is -2.18. The Kier molecular flexibility index (Phi) is 7.39. The van der Waals surface area contributed by atoms with Crippen LogP contribution in [0.25, 0.3) is 0 Å². The smallest absolute Gasteiger partial charge is 0.238 e. The number of nitrogens with one attached hydrogen (secondary N) is 2. The normalized spacial score (nSPS) is 11.9. The highest BCUT2D eigenvalue weighted by atomic mass is 16.5. The van der Waals surface area contributed by atoms with Gasteiger partial charge in [-0.1, -0.05) is 6.92 Å². The molecule has 0 bridgehead atoms. The van der Waals surface area contributed by atoms with E-state index >= 15 is 0 Å². The van der Waals surface area contributed by atoms with Gasteiger partial charge in [-0.2, -0.15) is 0 Å². The number of carbonyl (C=O) groups excluding carboxylic acids is 2. The molecule has 0 unspecified atom stereocenters. The van der Waals surface area contributed by atoms with E-state index in [0.717, 1.165) is 12.2 Å². The number of likely N-dealkylation sites (N-methyl/N-ethyl adjacent to an activating group) is 1. The molecule has 1 aromatic rings. The van der Waals surface area contributed by atoms with Crippen LogP contribution in [0.15, 0.2) is 24.3 Å². The predicted octanol–water partition coefficient (Wildman–Crippen LogP) is 1.48. The van der Waals surface area contributed by atoms with Crippen molar-refractivity contribution in [1.82, 2.24) is 10.2 Å². The SMILES string of the molecule is CC[C@H](C)NC(=O)CN(C)CC(=O)Nc1ccc(OC)cc1. The number of benzene rings is 1. The molecule has 0 aliphatic carbocycles. The number of amides is 2. The van der Waals surface area contributed by atoms with E-state index in [9.17, 15) is 9.59 Å². The Hall–Kier alpha value is -2.08. The quantitative estimate of drug-likeness (QED) is 0.763. The van der Waals surface area contributed by atoms with Crippen molar-refractivity contribution in [3.63, 3.8) is 0 Å². The van der Waals surface area contributed by atoms with E-state index in [-0.39, 0.29) is 30.9 Å². The van der Waals surface area contributed by atoms with Crippen LogP contribution >= 0.6 is 0 Å². The van der Waals surface area contributed by atoms with Gasteiger partial charge < -0.3 is 15.4 Å². The summed E-state index contributed by atoms with van der Waals surface area (Å²) < 4.78 is 5.06. The molecule has 0 aliphatic rings. The number of carbonyl (C=O) groups is 2. The van der Waals surface area contributed by atoms with Crippen LogP contribution in [0, 0.1) is 0 Å². The van der Waals surface area contributed by atoms with Crippen LogP contribution in [0.5, 0.6) is 5.75 Å². The summed E-state index contributed by atoms with van der Waals surface area (Å²) in [5.41, 5.74) is 0.697. The number of rotatable bonds is 8. The number of nitrogens with zero attached hydrogens (tertiary/aromatic N) is 1. The molecule has 22 heavy (non-hydrogen) atoms. The van der Waals surface area contributed by atoms with Gasteiger partial charge in [0.1, 0.15) is 5.75 Å². The highest BCUT2D eigenvalue weighted by molar-refractivity contribution is 5.92. The largest absolute Gasteiger partial charge is 0.497 e. The molecule has 1 aromatic carbocycles. The molecular weight excluding hydrogens is 282 g/mol. The molecule has 0 spiro atoms. The van der Waals surface area contributed by atoms with Crippen LogP contribution in [-0.4, -0.2) is 50.0 Å². The maximum Gasteiger partial charge on any atom is 0.238 e. The van der Waals surface area contributed by atoms with E-state index in [1.807, 2.05) is 13.8 Å². The van der Waals surface area contributed by atoms with Crippen molar-refractivity contribution in [3.05, 3.63) is 24.3 Å². The van der Waals surface area contributed by atoms with Crippen LogP contribution in [0.3, 0.4) is 0 Å². The molecule has 0 aliphatic heterocycles. The van der Waals surface area contributed by atoms with Crippen molar-refractivity contribution in [1.29, 1.82) is 0 Å². The first-order valence-electron chi connectivity index (χ1n) is 7.36. The standard InChI is InChI=1S/C16H25N3O3/c1-5-12(2)17-15(20)10-19(3)11-16(21)18-13-6-8-14(22-4)9-7-13/h6-9,12H,5,10-11H2,1-4H3,(H,17,20)(H,18,21)/t12-/m0/s1. The van der Waals surface area contributed by atoms with Crippen molar-refractivity contribution in [2.24, 2.45) is 0 Å². The van der Waals surface area contributed by atoms with E-state index in [1.54, 1.807) is 43.3 Å². The monoisotopic (exact) mass is 307 g/mol. The van der Waals surface area contributed by atoms with Gasteiger partial charge in [0.2, 0.25) is 11.8 Å². The van der Waals surface area contributed by atoms with Gasteiger partial charge in [-0.15, -0.1) is 0 Å². The highest BCUT2D eigenvalue weighted by Gasteiger charge is 2.12. The number of ether oxygens (including phenoxy) is 1. The van der Waals surface area contributed by atoms with Gasteiger partial charge in [-0.3, -0.25) is 14.5 Å². The first-order valence-corrected chi connectivity index (χ1v) is 7.36. The van der Waals surface area contributed by atoms with Crippen molar-refractivity contribution in [2.45, 2.75) is 26.3 Å². The summed E-state index contributed by atoms with van der Waals surface area (Å²) in [5, 5.41) is 5.65. The van der Waals surface area contributed by atoms with Crippen molar-refractivity contribution < 1.29 is 14.3 Å². The zero-order chi connectivity index (χ0) is 16.5. The topological polar surface area (TPSA) is 70.7 Å².